The third kappa shape index (κ3) is 2.25. The Kier molecular flexibility index (Phi) is 3.40. The van der Waals surface area contributed by atoms with Crippen molar-refractivity contribution in [3.05, 3.63) is 17.3 Å². The molecule has 1 aliphatic carbocycles. The Labute approximate surface area is 128 Å². The van der Waals surface area contributed by atoms with Crippen molar-refractivity contribution >= 4 is 22.1 Å². The SMILES string of the molecule is CC(N)Cc1c(N2CCOC3CCCC32)nc2sccn12. The molecule has 3 heterocycles. The van der Waals surface area contributed by atoms with Gasteiger partial charge in [0, 0.05) is 30.6 Å². The number of imidazole rings is 1. The van der Waals surface area contributed by atoms with E-state index >= 15 is 0 Å². The van der Waals surface area contributed by atoms with Crippen molar-refractivity contribution < 1.29 is 4.74 Å². The van der Waals surface area contributed by atoms with Gasteiger partial charge in [0.1, 0.15) is 0 Å². The first-order valence-electron chi connectivity index (χ1n) is 7.82. The number of morpholine rings is 1. The number of nitrogens with two attached hydrogens (primary N) is 1. The summed E-state index contributed by atoms with van der Waals surface area (Å²) in [5, 5.41) is 2.09. The molecule has 1 aliphatic heterocycles. The van der Waals surface area contributed by atoms with E-state index in [1.54, 1.807) is 11.3 Å². The highest BCUT2D eigenvalue weighted by atomic mass is 32.1. The second kappa shape index (κ2) is 5.26. The first-order valence-corrected chi connectivity index (χ1v) is 8.70. The van der Waals surface area contributed by atoms with E-state index < -0.39 is 0 Å². The molecule has 2 fully saturated rings. The Morgan fingerprint density at radius 2 is 2.43 bits per heavy atom. The third-order valence-electron chi connectivity index (χ3n) is 4.61. The Balaban J connectivity index is 1.76. The number of nitrogens with zero attached hydrogens (tertiary/aromatic N) is 3. The molecule has 5 nitrogen and oxygen atoms in total. The number of anilines is 1. The molecule has 2 aromatic rings. The largest absolute Gasteiger partial charge is 0.374 e. The number of aromatic nitrogens is 2. The van der Waals surface area contributed by atoms with Crippen molar-refractivity contribution in [1.82, 2.24) is 9.38 Å². The summed E-state index contributed by atoms with van der Waals surface area (Å²) in [6.45, 7) is 3.81. The third-order valence-corrected chi connectivity index (χ3v) is 5.37. The van der Waals surface area contributed by atoms with Crippen molar-refractivity contribution in [3.8, 4) is 0 Å². The summed E-state index contributed by atoms with van der Waals surface area (Å²) in [5.41, 5.74) is 7.33. The van der Waals surface area contributed by atoms with E-state index in [-0.39, 0.29) is 6.04 Å². The van der Waals surface area contributed by atoms with Crippen LogP contribution >= 0.6 is 11.3 Å². The second-order valence-electron chi connectivity index (χ2n) is 6.22. The van der Waals surface area contributed by atoms with Crippen LogP contribution in [-0.2, 0) is 11.2 Å². The maximum atomic E-state index is 6.07. The van der Waals surface area contributed by atoms with Crippen molar-refractivity contribution in [3.63, 3.8) is 0 Å². The molecule has 114 valence electrons. The molecule has 0 amide bonds. The standard InChI is InChI=1S/C15H22N4OS/c1-10(16)9-12-14(17-15-19(12)6-8-21-15)18-5-7-20-13-4-2-3-11(13)18/h6,8,10-11,13H,2-5,7,9,16H2,1H3. The summed E-state index contributed by atoms with van der Waals surface area (Å²) in [6, 6.07) is 0.638. The lowest BCUT2D eigenvalue weighted by Crippen LogP contribution is -2.49. The smallest absolute Gasteiger partial charge is 0.195 e. The van der Waals surface area contributed by atoms with Crippen molar-refractivity contribution in [2.45, 2.75) is 50.8 Å². The normalized spacial score (nSPS) is 27.2. The number of hydrogen-bond donors (Lipinski definition) is 1. The van der Waals surface area contributed by atoms with Crippen LogP contribution in [0.25, 0.3) is 4.96 Å². The second-order valence-corrected chi connectivity index (χ2v) is 7.09. The van der Waals surface area contributed by atoms with Gasteiger partial charge in [0.25, 0.3) is 0 Å². The van der Waals surface area contributed by atoms with Gasteiger partial charge in [0.2, 0.25) is 0 Å². The molecule has 0 radical (unpaired) electrons. The van der Waals surface area contributed by atoms with E-state index in [1.807, 2.05) is 0 Å². The van der Waals surface area contributed by atoms with Gasteiger partial charge in [-0.15, -0.1) is 11.3 Å². The molecule has 0 spiro atoms. The van der Waals surface area contributed by atoms with Crippen molar-refractivity contribution in [2.24, 2.45) is 5.73 Å². The fourth-order valence-electron chi connectivity index (χ4n) is 3.73. The van der Waals surface area contributed by atoms with E-state index in [9.17, 15) is 0 Å². The zero-order valence-corrected chi connectivity index (χ0v) is 13.2. The lowest BCUT2D eigenvalue weighted by Gasteiger charge is -2.38. The number of fused-ring (bicyclic) bond motifs is 2. The zero-order chi connectivity index (χ0) is 14.4. The molecule has 0 aromatic carbocycles. The minimum atomic E-state index is 0.143. The van der Waals surface area contributed by atoms with E-state index in [2.05, 4.69) is 27.8 Å². The van der Waals surface area contributed by atoms with Crippen LogP contribution < -0.4 is 10.6 Å². The van der Waals surface area contributed by atoms with E-state index in [0.29, 0.717) is 12.1 Å². The van der Waals surface area contributed by atoms with Crippen LogP contribution in [0.3, 0.4) is 0 Å². The lowest BCUT2D eigenvalue weighted by atomic mass is 10.1. The Bertz CT molecular complexity index is 635. The molecule has 6 heteroatoms. The summed E-state index contributed by atoms with van der Waals surface area (Å²) in [7, 11) is 0. The number of thiazole rings is 1. The van der Waals surface area contributed by atoms with Gasteiger partial charge >= 0.3 is 0 Å². The average Bonchev–Trinajstić information content (AvgIpc) is 3.14. The molecule has 3 unspecified atom stereocenters. The lowest BCUT2D eigenvalue weighted by molar-refractivity contribution is 0.0253. The van der Waals surface area contributed by atoms with Crippen LogP contribution in [0.5, 0.6) is 0 Å². The van der Waals surface area contributed by atoms with Crippen LogP contribution in [0, 0.1) is 0 Å². The summed E-state index contributed by atoms with van der Waals surface area (Å²) < 4.78 is 8.14. The van der Waals surface area contributed by atoms with Gasteiger partial charge in [-0.1, -0.05) is 0 Å². The van der Waals surface area contributed by atoms with Crippen LogP contribution in [-0.4, -0.2) is 40.7 Å². The summed E-state index contributed by atoms with van der Waals surface area (Å²) in [6.07, 6.45) is 7.03. The molecule has 0 bridgehead atoms. The molecule has 2 N–H and O–H groups in total. The van der Waals surface area contributed by atoms with E-state index in [1.165, 1.54) is 25.0 Å². The molecular formula is C15H22N4OS. The number of hydrogen-bond acceptors (Lipinski definition) is 5. The number of rotatable bonds is 3. The summed E-state index contributed by atoms with van der Waals surface area (Å²) in [5.74, 6) is 1.14. The Morgan fingerprint density at radius 1 is 1.52 bits per heavy atom. The van der Waals surface area contributed by atoms with Crippen molar-refractivity contribution in [2.75, 3.05) is 18.1 Å². The monoisotopic (exact) mass is 306 g/mol. The zero-order valence-electron chi connectivity index (χ0n) is 12.4. The average molecular weight is 306 g/mol. The maximum absolute atomic E-state index is 6.07. The van der Waals surface area contributed by atoms with Gasteiger partial charge < -0.3 is 15.4 Å². The van der Waals surface area contributed by atoms with Gasteiger partial charge in [-0.2, -0.15) is 0 Å². The first-order chi connectivity index (χ1) is 10.2. The van der Waals surface area contributed by atoms with Gasteiger partial charge in [-0.25, -0.2) is 4.98 Å². The number of ether oxygens (including phenoxy) is 1. The minimum Gasteiger partial charge on any atom is -0.374 e. The van der Waals surface area contributed by atoms with Crippen LogP contribution in [0.15, 0.2) is 11.6 Å². The minimum absolute atomic E-state index is 0.143. The van der Waals surface area contributed by atoms with E-state index in [4.69, 9.17) is 15.5 Å². The first kappa shape index (κ1) is 13.5. The summed E-state index contributed by atoms with van der Waals surface area (Å²) in [4.78, 5) is 8.46. The predicted molar refractivity (Wildman–Crippen MR) is 85.1 cm³/mol. The van der Waals surface area contributed by atoms with Gasteiger partial charge in [-0.3, -0.25) is 4.40 Å². The Morgan fingerprint density at radius 3 is 3.29 bits per heavy atom. The topological polar surface area (TPSA) is 55.8 Å². The van der Waals surface area contributed by atoms with E-state index in [0.717, 1.165) is 30.4 Å². The molecule has 3 atom stereocenters. The highest BCUT2D eigenvalue weighted by Gasteiger charge is 2.38. The summed E-state index contributed by atoms with van der Waals surface area (Å²) >= 11 is 1.69. The molecular weight excluding hydrogens is 284 g/mol. The molecule has 2 aliphatic rings. The van der Waals surface area contributed by atoms with Gasteiger partial charge in [0.15, 0.2) is 10.8 Å². The highest BCUT2D eigenvalue weighted by molar-refractivity contribution is 7.15. The molecule has 21 heavy (non-hydrogen) atoms. The predicted octanol–water partition coefficient (Wildman–Crippen LogP) is 2.04. The maximum Gasteiger partial charge on any atom is 0.195 e. The quantitative estimate of drug-likeness (QED) is 0.943. The van der Waals surface area contributed by atoms with Gasteiger partial charge in [0.05, 0.1) is 24.4 Å². The molecule has 4 rings (SSSR count). The Hall–Kier alpha value is -1.11. The molecule has 1 saturated heterocycles. The van der Waals surface area contributed by atoms with Gasteiger partial charge in [-0.05, 0) is 26.2 Å². The van der Waals surface area contributed by atoms with Crippen molar-refractivity contribution in [1.29, 1.82) is 0 Å². The van der Waals surface area contributed by atoms with Crippen LogP contribution in [0.2, 0.25) is 0 Å². The highest BCUT2D eigenvalue weighted by Crippen LogP contribution is 2.35. The fourth-order valence-corrected chi connectivity index (χ4v) is 4.46. The van der Waals surface area contributed by atoms with Crippen LogP contribution in [0.4, 0.5) is 5.82 Å². The molecule has 2 aromatic heterocycles. The fraction of sp³-hybridized carbons (Fsp3) is 0.667. The van der Waals surface area contributed by atoms with Crippen LogP contribution in [0.1, 0.15) is 31.9 Å². The molecule has 1 saturated carbocycles.